The average molecular weight is 232 g/mol. The van der Waals surface area contributed by atoms with Crippen molar-refractivity contribution in [3.8, 4) is 5.69 Å². The van der Waals surface area contributed by atoms with Crippen LogP contribution in [0.15, 0.2) is 35.3 Å². The fourth-order valence-corrected chi connectivity index (χ4v) is 1.69. The fourth-order valence-electron chi connectivity index (χ4n) is 1.69. The monoisotopic (exact) mass is 232 g/mol. The summed E-state index contributed by atoms with van der Waals surface area (Å²) in [4.78, 5) is 18.6. The van der Waals surface area contributed by atoms with E-state index in [0.717, 1.165) is 11.3 Å². The molecule has 0 aliphatic heterocycles. The van der Waals surface area contributed by atoms with Crippen LogP contribution in [0.3, 0.4) is 0 Å². The first-order chi connectivity index (χ1) is 8.13. The first-order valence-corrected chi connectivity index (χ1v) is 5.65. The second-order valence-corrected chi connectivity index (χ2v) is 3.95. The maximum absolute atomic E-state index is 11.8. The molecule has 1 heterocycles. The van der Waals surface area contributed by atoms with E-state index in [9.17, 15) is 4.79 Å². The molecule has 1 aromatic heterocycles. The van der Waals surface area contributed by atoms with Gasteiger partial charge in [0.05, 0.1) is 11.9 Å². The van der Waals surface area contributed by atoms with Crippen LogP contribution in [-0.2, 0) is 0 Å². The summed E-state index contributed by atoms with van der Waals surface area (Å²) < 4.78 is 1.51. The average Bonchev–Trinajstić information content (AvgIpc) is 2.65. The van der Waals surface area contributed by atoms with Crippen molar-refractivity contribution in [2.75, 3.05) is 6.61 Å². The molecule has 0 N–H and O–H groups in total. The molecule has 0 bridgehead atoms. The third-order valence-corrected chi connectivity index (χ3v) is 2.75. The van der Waals surface area contributed by atoms with Crippen molar-refractivity contribution in [1.82, 2.24) is 9.53 Å². The maximum atomic E-state index is 11.8. The van der Waals surface area contributed by atoms with Gasteiger partial charge < -0.3 is 4.84 Å². The first kappa shape index (κ1) is 11.5. The van der Waals surface area contributed by atoms with Gasteiger partial charge >= 0.3 is 0 Å². The lowest BCUT2D eigenvalue weighted by Gasteiger charge is -2.12. The molecule has 0 aliphatic carbocycles. The van der Waals surface area contributed by atoms with Crippen LogP contribution in [0, 0.1) is 13.8 Å². The van der Waals surface area contributed by atoms with E-state index in [-0.39, 0.29) is 5.56 Å². The zero-order valence-corrected chi connectivity index (χ0v) is 10.3. The van der Waals surface area contributed by atoms with Crippen LogP contribution in [-0.4, -0.2) is 16.1 Å². The highest BCUT2D eigenvalue weighted by molar-refractivity contribution is 5.38. The van der Waals surface area contributed by atoms with Gasteiger partial charge in [-0.3, -0.25) is 4.79 Å². The smallest absolute Gasteiger partial charge is 0.274 e. The van der Waals surface area contributed by atoms with Crippen molar-refractivity contribution in [2.24, 2.45) is 0 Å². The highest BCUT2D eigenvalue weighted by atomic mass is 16.7. The molecule has 17 heavy (non-hydrogen) atoms. The minimum Gasteiger partial charge on any atom is -0.398 e. The number of benzene rings is 1. The molecule has 0 radical (unpaired) electrons. The number of aryl methyl sites for hydroxylation is 2. The SMILES string of the molecule is CCOn1ccc(=O)n1-c1ccc(C)c(C)c1. The van der Waals surface area contributed by atoms with Gasteiger partial charge in [-0.15, -0.1) is 4.85 Å². The Kier molecular flexibility index (Phi) is 3.04. The van der Waals surface area contributed by atoms with Gasteiger partial charge in [-0.1, -0.05) is 6.07 Å². The molecule has 4 nitrogen and oxygen atoms in total. The van der Waals surface area contributed by atoms with Crippen LogP contribution in [0.5, 0.6) is 0 Å². The molecule has 4 heteroatoms. The number of hydrogen-bond acceptors (Lipinski definition) is 2. The van der Waals surface area contributed by atoms with Crippen LogP contribution in [0.1, 0.15) is 18.1 Å². The second-order valence-electron chi connectivity index (χ2n) is 3.95. The molecule has 0 amide bonds. The van der Waals surface area contributed by atoms with Gasteiger partial charge in [0.2, 0.25) is 0 Å². The molecule has 0 atom stereocenters. The molecule has 0 unspecified atom stereocenters. The van der Waals surface area contributed by atoms with Crippen molar-refractivity contribution in [3.05, 3.63) is 51.9 Å². The topological polar surface area (TPSA) is 36.2 Å². The Labute approximate surface area is 100.0 Å². The summed E-state index contributed by atoms with van der Waals surface area (Å²) in [6.45, 7) is 6.47. The molecule has 0 fully saturated rings. The zero-order valence-electron chi connectivity index (χ0n) is 10.3. The second kappa shape index (κ2) is 4.49. The van der Waals surface area contributed by atoms with Gasteiger partial charge in [0.1, 0.15) is 6.61 Å². The van der Waals surface area contributed by atoms with E-state index in [2.05, 4.69) is 0 Å². The minimum atomic E-state index is -0.0956. The Morgan fingerprint density at radius 1 is 1.18 bits per heavy atom. The Morgan fingerprint density at radius 2 is 1.94 bits per heavy atom. The number of nitrogens with zero attached hydrogens (tertiary/aromatic N) is 2. The molecule has 0 aliphatic rings. The Bertz CT molecular complexity index is 581. The number of hydrogen-bond donors (Lipinski definition) is 0. The molecule has 0 saturated heterocycles. The summed E-state index contributed by atoms with van der Waals surface area (Å²) in [5, 5.41) is 0. The summed E-state index contributed by atoms with van der Waals surface area (Å²) >= 11 is 0. The van der Waals surface area contributed by atoms with Crippen molar-refractivity contribution in [1.29, 1.82) is 0 Å². The van der Waals surface area contributed by atoms with Gasteiger partial charge in [0.25, 0.3) is 5.56 Å². The third-order valence-electron chi connectivity index (χ3n) is 2.75. The standard InChI is InChI=1S/C13H16N2O2/c1-4-17-14-8-7-13(16)15(14)12-6-5-10(2)11(3)9-12/h5-9H,4H2,1-3H3. The lowest BCUT2D eigenvalue weighted by Crippen LogP contribution is -2.25. The maximum Gasteiger partial charge on any atom is 0.274 e. The van der Waals surface area contributed by atoms with E-state index in [4.69, 9.17) is 4.84 Å². The summed E-state index contributed by atoms with van der Waals surface area (Å²) in [6.07, 6.45) is 1.63. The largest absolute Gasteiger partial charge is 0.398 e. The van der Waals surface area contributed by atoms with Crippen LogP contribution in [0.25, 0.3) is 5.69 Å². The van der Waals surface area contributed by atoms with Gasteiger partial charge in [-0.05, 0) is 44.0 Å². The predicted molar refractivity (Wildman–Crippen MR) is 66.6 cm³/mol. The van der Waals surface area contributed by atoms with Gasteiger partial charge in [-0.25, -0.2) is 0 Å². The summed E-state index contributed by atoms with van der Waals surface area (Å²) in [7, 11) is 0. The predicted octanol–water partition coefficient (Wildman–Crippen LogP) is 1.70. The lowest BCUT2D eigenvalue weighted by atomic mass is 10.1. The van der Waals surface area contributed by atoms with Crippen LogP contribution >= 0.6 is 0 Å². The highest BCUT2D eigenvalue weighted by Gasteiger charge is 2.07. The molecule has 90 valence electrons. The summed E-state index contributed by atoms with van der Waals surface area (Å²) in [5.74, 6) is 0. The first-order valence-electron chi connectivity index (χ1n) is 5.65. The Hall–Kier alpha value is -1.97. The third kappa shape index (κ3) is 2.11. The molecule has 2 rings (SSSR count). The van der Waals surface area contributed by atoms with Crippen molar-refractivity contribution in [3.63, 3.8) is 0 Å². The van der Waals surface area contributed by atoms with Gasteiger partial charge in [0, 0.05) is 6.07 Å². The minimum absolute atomic E-state index is 0.0956. The molecular formula is C13H16N2O2. The van der Waals surface area contributed by atoms with Crippen molar-refractivity contribution < 1.29 is 4.84 Å². The molecule has 1 aromatic carbocycles. The van der Waals surface area contributed by atoms with E-state index in [0.29, 0.717) is 6.61 Å². The quantitative estimate of drug-likeness (QED) is 0.807. The van der Waals surface area contributed by atoms with Gasteiger partial charge in [0.15, 0.2) is 0 Å². The molecule has 2 aromatic rings. The van der Waals surface area contributed by atoms with E-state index in [1.165, 1.54) is 21.2 Å². The Balaban J connectivity index is 2.55. The number of aromatic nitrogens is 2. The lowest BCUT2D eigenvalue weighted by molar-refractivity contribution is 0.0764. The normalized spacial score (nSPS) is 10.5. The molecular weight excluding hydrogens is 216 g/mol. The van der Waals surface area contributed by atoms with E-state index < -0.39 is 0 Å². The van der Waals surface area contributed by atoms with Crippen molar-refractivity contribution in [2.45, 2.75) is 20.8 Å². The van der Waals surface area contributed by atoms with Crippen LogP contribution < -0.4 is 10.4 Å². The van der Waals surface area contributed by atoms with Gasteiger partial charge in [-0.2, -0.15) is 4.68 Å². The summed E-state index contributed by atoms with van der Waals surface area (Å²) in [6, 6.07) is 7.39. The zero-order chi connectivity index (χ0) is 12.4. The van der Waals surface area contributed by atoms with Crippen LogP contribution in [0.2, 0.25) is 0 Å². The van der Waals surface area contributed by atoms with E-state index in [1.54, 1.807) is 6.20 Å². The number of rotatable bonds is 3. The van der Waals surface area contributed by atoms with Crippen molar-refractivity contribution >= 4 is 0 Å². The fraction of sp³-hybridized carbons (Fsp3) is 0.308. The van der Waals surface area contributed by atoms with E-state index in [1.807, 2.05) is 39.0 Å². The van der Waals surface area contributed by atoms with Crippen LogP contribution in [0.4, 0.5) is 0 Å². The Morgan fingerprint density at radius 3 is 2.59 bits per heavy atom. The molecule has 0 saturated carbocycles. The molecule has 0 spiro atoms. The summed E-state index contributed by atoms with van der Waals surface area (Å²) in [5.41, 5.74) is 3.08. The highest BCUT2D eigenvalue weighted by Crippen LogP contribution is 2.12. The van der Waals surface area contributed by atoms with E-state index >= 15 is 0 Å².